The molecule has 0 spiro atoms. The molecule has 1 aromatic heterocycles. The Bertz CT molecular complexity index is 283. The van der Waals surface area contributed by atoms with Gasteiger partial charge in [-0.25, -0.2) is 4.68 Å². The van der Waals surface area contributed by atoms with Crippen LogP contribution in [0.2, 0.25) is 0 Å². The van der Waals surface area contributed by atoms with Gasteiger partial charge in [0.1, 0.15) is 12.7 Å². The van der Waals surface area contributed by atoms with Crippen molar-refractivity contribution in [2.75, 3.05) is 13.7 Å². The fraction of sp³-hybridized carbons (Fsp3) is 0.625. The molecule has 66 valence electrons. The van der Waals surface area contributed by atoms with E-state index >= 15 is 0 Å². The Morgan fingerprint density at radius 1 is 1.75 bits per heavy atom. The molecule has 0 N–H and O–H groups in total. The molecule has 1 atom stereocenters. The van der Waals surface area contributed by atoms with Gasteiger partial charge in [0.2, 0.25) is 5.88 Å². The average molecular weight is 168 g/mol. The topological polar surface area (TPSA) is 36.3 Å². The molecule has 4 nitrogen and oxygen atoms in total. The van der Waals surface area contributed by atoms with Crippen molar-refractivity contribution in [3.63, 3.8) is 0 Å². The average Bonchev–Trinajstić information content (AvgIpc) is 2.47. The Kier molecular flexibility index (Phi) is 1.77. The van der Waals surface area contributed by atoms with Gasteiger partial charge in [-0.3, -0.25) is 0 Å². The number of methoxy groups -OCH3 is 1. The van der Waals surface area contributed by atoms with Gasteiger partial charge in [0.05, 0.1) is 12.7 Å². The normalized spacial score (nSPS) is 21.7. The number of nitrogens with zero attached hydrogens (tertiary/aromatic N) is 2. The highest BCUT2D eigenvalue weighted by Gasteiger charge is 2.20. The molecule has 2 heterocycles. The van der Waals surface area contributed by atoms with Gasteiger partial charge in [0.15, 0.2) is 0 Å². The van der Waals surface area contributed by atoms with E-state index in [0.29, 0.717) is 6.61 Å². The second-order valence-electron chi connectivity index (χ2n) is 2.98. The Hall–Kier alpha value is -1.03. The van der Waals surface area contributed by atoms with E-state index in [-0.39, 0.29) is 6.10 Å². The summed E-state index contributed by atoms with van der Waals surface area (Å²) in [7, 11) is 1.69. The summed E-state index contributed by atoms with van der Waals surface area (Å²) < 4.78 is 12.5. The third-order valence-corrected chi connectivity index (χ3v) is 2.08. The second-order valence-corrected chi connectivity index (χ2v) is 2.98. The molecular formula is C8H12N2O2. The summed E-state index contributed by atoms with van der Waals surface area (Å²) in [5.74, 6) is 0.878. The summed E-state index contributed by atoms with van der Waals surface area (Å²) in [6.07, 6.45) is 1.95. The molecule has 12 heavy (non-hydrogen) atoms. The second kappa shape index (κ2) is 2.79. The van der Waals surface area contributed by atoms with E-state index in [1.165, 1.54) is 0 Å². The standard InChI is InChI=1S/C8H12N2O2/c1-6-3-9-10-4-7(11-2)5-12-8(6)10/h3,7H,4-5H2,1-2H3/t7-/m1/s1. The molecule has 0 radical (unpaired) electrons. The zero-order chi connectivity index (χ0) is 8.55. The van der Waals surface area contributed by atoms with Crippen LogP contribution in [-0.2, 0) is 11.3 Å². The molecule has 0 saturated carbocycles. The number of aromatic nitrogens is 2. The van der Waals surface area contributed by atoms with E-state index < -0.39 is 0 Å². The van der Waals surface area contributed by atoms with Crippen molar-refractivity contribution >= 4 is 0 Å². The van der Waals surface area contributed by atoms with E-state index in [1.807, 2.05) is 17.8 Å². The quantitative estimate of drug-likeness (QED) is 0.616. The maximum atomic E-state index is 5.47. The molecule has 4 heteroatoms. The first-order chi connectivity index (χ1) is 5.81. The molecule has 0 amide bonds. The van der Waals surface area contributed by atoms with Crippen LogP contribution < -0.4 is 4.74 Å². The Morgan fingerprint density at radius 3 is 3.33 bits per heavy atom. The van der Waals surface area contributed by atoms with Crippen molar-refractivity contribution in [3.05, 3.63) is 11.8 Å². The molecule has 1 aliphatic heterocycles. The third kappa shape index (κ3) is 1.08. The lowest BCUT2D eigenvalue weighted by Gasteiger charge is -2.23. The first-order valence-corrected chi connectivity index (χ1v) is 3.99. The van der Waals surface area contributed by atoms with Gasteiger partial charge in [0, 0.05) is 12.7 Å². The summed E-state index contributed by atoms with van der Waals surface area (Å²) >= 11 is 0. The predicted octanol–water partition coefficient (Wildman–Crippen LogP) is 0.599. The minimum atomic E-state index is 0.136. The van der Waals surface area contributed by atoms with Gasteiger partial charge in [-0.2, -0.15) is 5.10 Å². The van der Waals surface area contributed by atoms with E-state index in [9.17, 15) is 0 Å². The molecule has 2 rings (SSSR count). The highest BCUT2D eigenvalue weighted by molar-refractivity contribution is 5.23. The monoisotopic (exact) mass is 168 g/mol. The number of aryl methyl sites for hydroxylation is 1. The number of hydrogen-bond acceptors (Lipinski definition) is 3. The van der Waals surface area contributed by atoms with Crippen LogP contribution in [0.25, 0.3) is 0 Å². The largest absolute Gasteiger partial charge is 0.475 e. The SMILES string of the molecule is CO[C@H]1COc2c(C)cnn2C1. The van der Waals surface area contributed by atoms with Crippen molar-refractivity contribution in [1.29, 1.82) is 0 Å². The van der Waals surface area contributed by atoms with Crippen molar-refractivity contribution < 1.29 is 9.47 Å². The molecular weight excluding hydrogens is 156 g/mol. The van der Waals surface area contributed by atoms with E-state index in [0.717, 1.165) is 18.0 Å². The molecule has 0 aliphatic carbocycles. The minimum absolute atomic E-state index is 0.136. The maximum absolute atomic E-state index is 5.47. The number of ether oxygens (including phenoxy) is 2. The van der Waals surface area contributed by atoms with Crippen LogP contribution >= 0.6 is 0 Å². The van der Waals surface area contributed by atoms with Crippen molar-refractivity contribution in [2.24, 2.45) is 0 Å². The summed E-state index contributed by atoms with van der Waals surface area (Å²) in [5.41, 5.74) is 1.09. The maximum Gasteiger partial charge on any atom is 0.214 e. The number of rotatable bonds is 1. The predicted molar refractivity (Wildman–Crippen MR) is 43.3 cm³/mol. The van der Waals surface area contributed by atoms with E-state index in [2.05, 4.69) is 5.10 Å². The summed E-state index contributed by atoms with van der Waals surface area (Å²) in [5, 5.41) is 4.17. The molecule has 1 aliphatic rings. The number of fused-ring (bicyclic) bond motifs is 1. The highest BCUT2D eigenvalue weighted by atomic mass is 16.5. The smallest absolute Gasteiger partial charge is 0.214 e. The van der Waals surface area contributed by atoms with Crippen molar-refractivity contribution in [2.45, 2.75) is 19.6 Å². The lowest BCUT2D eigenvalue weighted by molar-refractivity contribution is 0.0176. The third-order valence-electron chi connectivity index (χ3n) is 2.08. The summed E-state index contributed by atoms with van der Waals surface area (Å²) in [6, 6.07) is 0. The summed E-state index contributed by atoms with van der Waals surface area (Å²) in [4.78, 5) is 0. The minimum Gasteiger partial charge on any atom is -0.475 e. The molecule has 0 aromatic carbocycles. The van der Waals surface area contributed by atoms with Crippen molar-refractivity contribution in [3.8, 4) is 5.88 Å². The molecule has 0 unspecified atom stereocenters. The van der Waals surface area contributed by atoms with Crippen LogP contribution in [0.1, 0.15) is 5.56 Å². The highest BCUT2D eigenvalue weighted by Crippen LogP contribution is 2.21. The zero-order valence-corrected chi connectivity index (χ0v) is 7.28. The first-order valence-electron chi connectivity index (χ1n) is 3.99. The fourth-order valence-corrected chi connectivity index (χ4v) is 1.35. The Morgan fingerprint density at radius 2 is 2.58 bits per heavy atom. The van der Waals surface area contributed by atoms with Crippen molar-refractivity contribution in [1.82, 2.24) is 9.78 Å². The van der Waals surface area contributed by atoms with Crippen LogP contribution in [-0.4, -0.2) is 29.6 Å². The lowest BCUT2D eigenvalue weighted by Crippen LogP contribution is -2.31. The lowest BCUT2D eigenvalue weighted by atomic mass is 10.3. The van der Waals surface area contributed by atoms with Gasteiger partial charge < -0.3 is 9.47 Å². The molecule has 1 aromatic rings. The summed E-state index contributed by atoms with van der Waals surface area (Å²) in [6.45, 7) is 3.41. The van der Waals surface area contributed by atoms with Gasteiger partial charge in [0.25, 0.3) is 0 Å². The van der Waals surface area contributed by atoms with Gasteiger partial charge in [-0.1, -0.05) is 0 Å². The van der Waals surface area contributed by atoms with Crippen LogP contribution in [0.5, 0.6) is 5.88 Å². The van der Waals surface area contributed by atoms with Crippen LogP contribution in [0.4, 0.5) is 0 Å². The Balaban J connectivity index is 2.24. The molecule has 0 fully saturated rings. The first kappa shape index (κ1) is 7.61. The van der Waals surface area contributed by atoms with Crippen LogP contribution in [0.15, 0.2) is 6.20 Å². The fourth-order valence-electron chi connectivity index (χ4n) is 1.35. The van der Waals surface area contributed by atoms with Gasteiger partial charge >= 0.3 is 0 Å². The van der Waals surface area contributed by atoms with Crippen LogP contribution in [0.3, 0.4) is 0 Å². The zero-order valence-electron chi connectivity index (χ0n) is 7.28. The van der Waals surface area contributed by atoms with Gasteiger partial charge in [-0.05, 0) is 6.92 Å². The Labute approximate surface area is 71.1 Å². The van der Waals surface area contributed by atoms with E-state index in [1.54, 1.807) is 7.11 Å². The van der Waals surface area contributed by atoms with Crippen LogP contribution in [0, 0.1) is 6.92 Å². The number of hydrogen-bond donors (Lipinski definition) is 0. The van der Waals surface area contributed by atoms with Gasteiger partial charge in [-0.15, -0.1) is 0 Å². The molecule has 0 bridgehead atoms. The van der Waals surface area contributed by atoms with E-state index in [4.69, 9.17) is 9.47 Å². The molecule has 0 saturated heterocycles.